The smallest absolute Gasteiger partial charge is 0.264 e. The molecule has 0 atom stereocenters. The normalized spacial score (nSPS) is 16.5. The molecule has 2 fully saturated rings. The van der Waals surface area contributed by atoms with Crippen LogP contribution in [-0.4, -0.2) is 59.2 Å². The highest BCUT2D eigenvalue weighted by atomic mass is 32.2. The van der Waals surface area contributed by atoms with Gasteiger partial charge in [-0.05, 0) is 100 Å². The third-order valence-corrected chi connectivity index (χ3v) is 15.5. The minimum Gasteiger partial charge on any atom is -0.305 e. The maximum atomic E-state index is 15.6. The molecule has 3 aromatic rings. The summed E-state index contributed by atoms with van der Waals surface area (Å²) in [7, 11) is -7.86. The van der Waals surface area contributed by atoms with Gasteiger partial charge >= 0.3 is 0 Å². The monoisotopic (exact) mass is 748 g/mol. The second-order valence-corrected chi connectivity index (χ2v) is 19.5. The molecule has 0 saturated heterocycles. The first-order valence-corrected chi connectivity index (χ1v) is 23.1. The van der Waals surface area contributed by atoms with Crippen LogP contribution < -0.4 is 10.6 Å². The number of hydrogen-bond acceptors (Lipinski definition) is 6. The van der Waals surface area contributed by atoms with Gasteiger partial charge in [-0.25, -0.2) is 0 Å². The fourth-order valence-corrected chi connectivity index (χ4v) is 11.9. The zero-order valence-electron chi connectivity index (χ0n) is 32.0. The third kappa shape index (κ3) is 9.73. The quantitative estimate of drug-likeness (QED) is 0.109. The maximum absolute atomic E-state index is 15.6. The summed E-state index contributed by atoms with van der Waals surface area (Å²) >= 11 is 0. The number of carbonyl (C=O) groups is 1. The number of unbranched alkanes of at least 4 members (excludes halogenated alkanes) is 1. The number of carbonyl (C=O) groups excluding carboxylic acids is 1. The van der Waals surface area contributed by atoms with Crippen LogP contribution in [0.1, 0.15) is 129 Å². The van der Waals surface area contributed by atoms with Gasteiger partial charge in [0.2, 0.25) is 12.7 Å². The third-order valence-electron chi connectivity index (χ3n) is 11.9. The molecule has 9 heteroatoms. The fraction of sp³-hybridized carbons (Fsp3) is 0.558. The SMILES string of the molecule is CCCCN(Cc1c(C)c(CN(CCCS(=O)(=O)O)C2CCCCC2)c(C)c(C(=O)P(=O)(c2ccccc2)c2ccccc2)c1C)C1CCCCC1. The number of rotatable bonds is 17. The van der Waals surface area contributed by atoms with Crippen molar-refractivity contribution >= 4 is 33.4 Å². The molecule has 0 bridgehead atoms. The highest BCUT2D eigenvalue weighted by molar-refractivity contribution is 7.93. The van der Waals surface area contributed by atoms with Crippen LogP contribution in [0.15, 0.2) is 60.7 Å². The van der Waals surface area contributed by atoms with Gasteiger partial charge in [0.05, 0.1) is 5.75 Å². The Bertz CT molecular complexity index is 1740. The van der Waals surface area contributed by atoms with Crippen LogP contribution >= 0.6 is 7.14 Å². The van der Waals surface area contributed by atoms with Gasteiger partial charge < -0.3 is 4.57 Å². The van der Waals surface area contributed by atoms with Gasteiger partial charge in [-0.3, -0.25) is 19.1 Å². The minimum absolute atomic E-state index is 0.276. The topological polar surface area (TPSA) is 95.0 Å². The van der Waals surface area contributed by atoms with Gasteiger partial charge in [-0.1, -0.05) is 113 Å². The lowest BCUT2D eigenvalue weighted by Crippen LogP contribution is -2.39. The summed E-state index contributed by atoms with van der Waals surface area (Å²) in [6, 6.07) is 19.3. The second kappa shape index (κ2) is 18.6. The van der Waals surface area contributed by atoms with E-state index in [9.17, 15) is 13.0 Å². The molecule has 2 saturated carbocycles. The van der Waals surface area contributed by atoms with Crippen molar-refractivity contribution in [2.24, 2.45) is 0 Å². The van der Waals surface area contributed by atoms with Crippen LogP contribution in [0.5, 0.6) is 0 Å². The van der Waals surface area contributed by atoms with Crippen LogP contribution in [0.25, 0.3) is 0 Å². The van der Waals surface area contributed by atoms with Crippen molar-refractivity contribution in [3.63, 3.8) is 0 Å². The van der Waals surface area contributed by atoms with Crippen molar-refractivity contribution in [1.82, 2.24) is 9.80 Å². The van der Waals surface area contributed by atoms with E-state index in [0.717, 1.165) is 73.9 Å². The van der Waals surface area contributed by atoms with Crippen molar-refractivity contribution in [2.75, 3.05) is 18.8 Å². The Balaban J connectivity index is 1.68. The fourth-order valence-electron chi connectivity index (χ4n) is 8.83. The standard InChI is InChI=1S/C43H61N2O5PS/c1-5-6-28-44(36-20-11-7-12-21-36)31-40-33(2)41(32-45(29-19-30-52(48,49)50)37-22-13-8-14-23-37)35(4)42(34(40)3)43(46)51(47,38-24-15-9-16-25-38)39-26-17-10-18-27-39/h9-10,15-18,24-27,36-37H,5-8,11-14,19-23,28-32H2,1-4H3,(H,48,49,50). The molecular formula is C43H61N2O5PS. The zero-order valence-corrected chi connectivity index (χ0v) is 33.7. The lowest BCUT2D eigenvalue weighted by molar-refractivity contribution is 0.107. The van der Waals surface area contributed by atoms with E-state index >= 15 is 9.36 Å². The van der Waals surface area contributed by atoms with Crippen molar-refractivity contribution in [1.29, 1.82) is 0 Å². The van der Waals surface area contributed by atoms with E-state index in [-0.39, 0.29) is 11.3 Å². The molecule has 284 valence electrons. The Morgan fingerprint density at radius 3 is 1.52 bits per heavy atom. The molecule has 0 amide bonds. The lowest BCUT2D eigenvalue weighted by atomic mass is 9.86. The Morgan fingerprint density at radius 2 is 1.12 bits per heavy atom. The number of nitrogens with zero attached hydrogens (tertiary/aromatic N) is 2. The Morgan fingerprint density at radius 1 is 0.692 bits per heavy atom. The van der Waals surface area contributed by atoms with Crippen molar-refractivity contribution in [3.05, 3.63) is 94.0 Å². The van der Waals surface area contributed by atoms with E-state index in [0.29, 0.717) is 47.8 Å². The molecule has 0 aromatic heterocycles. The molecule has 2 aliphatic rings. The average Bonchev–Trinajstić information content (AvgIpc) is 3.16. The van der Waals surface area contributed by atoms with E-state index in [1.165, 1.54) is 44.1 Å². The molecule has 1 N–H and O–H groups in total. The maximum Gasteiger partial charge on any atom is 0.264 e. The van der Waals surface area contributed by atoms with Gasteiger partial charge in [0, 0.05) is 41.3 Å². The summed E-state index contributed by atoms with van der Waals surface area (Å²) in [5, 5.41) is 1.07. The summed E-state index contributed by atoms with van der Waals surface area (Å²) in [6.45, 7) is 11.4. The molecule has 0 aliphatic heterocycles. The molecule has 0 spiro atoms. The van der Waals surface area contributed by atoms with Crippen molar-refractivity contribution in [2.45, 2.75) is 136 Å². The molecule has 3 aromatic carbocycles. The summed E-state index contributed by atoms with van der Waals surface area (Å²) in [5.74, 6) is -0.276. The van der Waals surface area contributed by atoms with Crippen molar-refractivity contribution < 1.29 is 22.3 Å². The van der Waals surface area contributed by atoms with E-state index in [1.54, 1.807) is 0 Å². The highest BCUT2D eigenvalue weighted by Gasteiger charge is 2.39. The minimum atomic E-state index is -4.08. The van der Waals surface area contributed by atoms with Gasteiger partial charge in [0.25, 0.3) is 10.1 Å². The highest BCUT2D eigenvalue weighted by Crippen LogP contribution is 2.49. The first-order valence-electron chi connectivity index (χ1n) is 19.8. The van der Waals surface area contributed by atoms with E-state index < -0.39 is 17.3 Å². The van der Waals surface area contributed by atoms with Gasteiger partial charge in [0.15, 0.2) is 0 Å². The van der Waals surface area contributed by atoms with Gasteiger partial charge in [-0.15, -0.1) is 0 Å². The van der Waals surface area contributed by atoms with Crippen LogP contribution in [-0.2, 0) is 27.8 Å². The predicted molar refractivity (Wildman–Crippen MR) is 215 cm³/mol. The second-order valence-electron chi connectivity index (χ2n) is 15.3. The summed E-state index contributed by atoms with van der Waals surface area (Å²) in [4.78, 5) is 20.4. The van der Waals surface area contributed by atoms with Gasteiger partial charge in [-0.2, -0.15) is 8.42 Å². The molecule has 7 nitrogen and oxygen atoms in total. The van der Waals surface area contributed by atoms with E-state index in [1.807, 2.05) is 67.6 Å². The van der Waals surface area contributed by atoms with Crippen LogP contribution in [0.3, 0.4) is 0 Å². The molecule has 5 rings (SSSR count). The predicted octanol–water partition coefficient (Wildman–Crippen LogP) is 9.11. The Hall–Kier alpha value is -2.61. The Kier molecular flexibility index (Phi) is 14.5. The largest absolute Gasteiger partial charge is 0.305 e. The Labute approximate surface area is 313 Å². The molecular weight excluding hydrogens is 688 g/mol. The van der Waals surface area contributed by atoms with Crippen molar-refractivity contribution in [3.8, 4) is 0 Å². The average molecular weight is 749 g/mol. The molecule has 2 aliphatic carbocycles. The first-order chi connectivity index (χ1) is 25.0. The zero-order chi connectivity index (χ0) is 37.3. The van der Waals surface area contributed by atoms with Crippen LogP contribution in [0, 0.1) is 20.8 Å². The molecule has 52 heavy (non-hydrogen) atoms. The lowest BCUT2D eigenvalue weighted by Gasteiger charge is -2.37. The van der Waals surface area contributed by atoms with Crippen LogP contribution in [0.4, 0.5) is 0 Å². The molecule has 0 unspecified atom stereocenters. The number of benzene rings is 3. The summed E-state index contributed by atoms with van der Waals surface area (Å²) < 4.78 is 48.7. The van der Waals surface area contributed by atoms with E-state index in [4.69, 9.17) is 0 Å². The van der Waals surface area contributed by atoms with Crippen LogP contribution in [0.2, 0.25) is 0 Å². The number of hydrogen-bond donors (Lipinski definition) is 1. The molecule has 0 radical (unpaired) electrons. The summed E-state index contributed by atoms with van der Waals surface area (Å²) in [6.07, 6.45) is 14.2. The molecule has 0 heterocycles. The summed E-state index contributed by atoms with van der Waals surface area (Å²) in [5.41, 5.74) is 5.43. The van der Waals surface area contributed by atoms with E-state index in [2.05, 4.69) is 30.6 Å². The first kappa shape index (κ1) is 40.6. The van der Waals surface area contributed by atoms with Gasteiger partial charge in [0.1, 0.15) is 0 Å².